The number of aryl methyl sites for hydroxylation is 1. The molecule has 2 aromatic rings. The van der Waals surface area contributed by atoms with Crippen LogP contribution in [0.4, 0.5) is 0 Å². The molecule has 0 radical (unpaired) electrons. The predicted octanol–water partition coefficient (Wildman–Crippen LogP) is 4.98. The fourth-order valence-corrected chi connectivity index (χ4v) is 3.03. The Morgan fingerprint density at radius 2 is 2.18 bits per heavy atom. The van der Waals surface area contributed by atoms with Crippen molar-refractivity contribution in [3.63, 3.8) is 0 Å². The fraction of sp³-hybridized carbons (Fsp3) is 0.154. The molecule has 1 aromatic heterocycles. The average molecular weight is 330 g/mol. The van der Waals surface area contributed by atoms with E-state index in [-0.39, 0.29) is 5.78 Å². The topological polar surface area (TPSA) is 17.1 Å². The molecular formula is C13H10BrClOS. The van der Waals surface area contributed by atoms with E-state index in [0.29, 0.717) is 17.0 Å². The molecule has 1 aromatic carbocycles. The molecule has 0 unspecified atom stereocenters. The number of hydrogen-bond acceptors (Lipinski definition) is 2. The Morgan fingerprint density at radius 3 is 2.82 bits per heavy atom. The second-order valence-electron chi connectivity index (χ2n) is 3.63. The van der Waals surface area contributed by atoms with E-state index in [9.17, 15) is 4.79 Å². The number of Topliss-reactive ketones (excluding diaryl/α,β-unsaturated/α-hetero) is 1. The molecule has 0 aliphatic carbocycles. The van der Waals surface area contributed by atoms with Crippen LogP contribution < -0.4 is 0 Å². The standard InChI is InChI=1S/C13H10BrClOS/c14-9-3-5-11(12(15)8-9)13(16)6-4-10-2-1-7-17-10/h1-3,5,7-8H,4,6H2. The highest BCUT2D eigenvalue weighted by atomic mass is 79.9. The minimum absolute atomic E-state index is 0.0934. The number of carbonyl (C=O) groups excluding carboxylic acids is 1. The summed E-state index contributed by atoms with van der Waals surface area (Å²) in [4.78, 5) is 13.2. The van der Waals surface area contributed by atoms with Gasteiger partial charge in [0.1, 0.15) is 0 Å². The average Bonchev–Trinajstić information content (AvgIpc) is 2.78. The van der Waals surface area contributed by atoms with Crippen LogP contribution in [0.3, 0.4) is 0 Å². The quantitative estimate of drug-likeness (QED) is 0.723. The van der Waals surface area contributed by atoms with E-state index in [2.05, 4.69) is 15.9 Å². The van der Waals surface area contributed by atoms with E-state index in [1.807, 2.05) is 23.6 Å². The van der Waals surface area contributed by atoms with Gasteiger partial charge in [0.05, 0.1) is 5.02 Å². The molecule has 0 bridgehead atoms. The zero-order chi connectivity index (χ0) is 12.3. The summed E-state index contributed by atoms with van der Waals surface area (Å²) in [5, 5.41) is 2.53. The van der Waals surface area contributed by atoms with Crippen LogP contribution in [-0.2, 0) is 6.42 Å². The maximum atomic E-state index is 12.0. The van der Waals surface area contributed by atoms with Crippen LogP contribution in [0, 0.1) is 0 Å². The Kier molecular flexibility index (Phi) is 4.37. The van der Waals surface area contributed by atoms with Crippen LogP contribution in [-0.4, -0.2) is 5.78 Å². The lowest BCUT2D eigenvalue weighted by molar-refractivity contribution is 0.0983. The maximum Gasteiger partial charge on any atom is 0.164 e. The van der Waals surface area contributed by atoms with Crippen molar-refractivity contribution < 1.29 is 4.79 Å². The minimum Gasteiger partial charge on any atom is -0.294 e. The lowest BCUT2D eigenvalue weighted by Crippen LogP contribution is -2.01. The summed E-state index contributed by atoms with van der Waals surface area (Å²) in [6, 6.07) is 9.39. The number of benzene rings is 1. The van der Waals surface area contributed by atoms with Gasteiger partial charge in [0, 0.05) is 21.3 Å². The minimum atomic E-state index is 0.0934. The fourth-order valence-electron chi connectivity index (χ4n) is 1.54. The molecule has 0 saturated carbocycles. The summed E-state index contributed by atoms with van der Waals surface area (Å²) in [6.45, 7) is 0. The van der Waals surface area contributed by atoms with Crippen molar-refractivity contribution in [3.05, 3.63) is 55.6 Å². The van der Waals surface area contributed by atoms with E-state index >= 15 is 0 Å². The molecule has 0 aliphatic rings. The zero-order valence-corrected chi connectivity index (χ0v) is 12.1. The summed E-state index contributed by atoms with van der Waals surface area (Å²) in [7, 11) is 0. The largest absolute Gasteiger partial charge is 0.294 e. The highest BCUT2D eigenvalue weighted by Gasteiger charge is 2.10. The van der Waals surface area contributed by atoms with E-state index in [4.69, 9.17) is 11.6 Å². The third kappa shape index (κ3) is 3.41. The van der Waals surface area contributed by atoms with Gasteiger partial charge < -0.3 is 0 Å². The molecular weight excluding hydrogens is 320 g/mol. The zero-order valence-electron chi connectivity index (χ0n) is 8.95. The monoisotopic (exact) mass is 328 g/mol. The van der Waals surface area contributed by atoms with Crippen molar-refractivity contribution >= 4 is 44.7 Å². The number of halogens is 2. The number of rotatable bonds is 4. The van der Waals surface area contributed by atoms with Gasteiger partial charge in [-0.25, -0.2) is 0 Å². The molecule has 1 nitrogen and oxygen atoms in total. The van der Waals surface area contributed by atoms with Gasteiger partial charge in [0.25, 0.3) is 0 Å². The normalized spacial score (nSPS) is 10.5. The van der Waals surface area contributed by atoms with Gasteiger partial charge in [-0.2, -0.15) is 0 Å². The van der Waals surface area contributed by atoms with Crippen molar-refractivity contribution in [2.75, 3.05) is 0 Å². The van der Waals surface area contributed by atoms with Gasteiger partial charge in [-0.15, -0.1) is 11.3 Å². The van der Waals surface area contributed by atoms with Crippen LogP contribution in [0.5, 0.6) is 0 Å². The van der Waals surface area contributed by atoms with E-state index in [1.165, 1.54) is 4.88 Å². The predicted molar refractivity (Wildman–Crippen MR) is 76.1 cm³/mol. The molecule has 17 heavy (non-hydrogen) atoms. The van der Waals surface area contributed by atoms with Crippen molar-refractivity contribution in [1.82, 2.24) is 0 Å². The lowest BCUT2D eigenvalue weighted by atomic mass is 10.1. The molecule has 0 spiro atoms. The summed E-state index contributed by atoms with van der Waals surface area (Å²) >= 11 is 11.0. The molecule has 2 rings (SSSR count). The first-order valence-corrected chi connectivity index (χ1v) is 7.22. The van der Waals surface area contributed by atoms with Gasteiger partial charge in [0.2, 0.25) is 0 Å². The number of hydrogen-bond donors (Lipinski definition) is 0. The Morgan fingerprint density at radius 1 is 1.35 bits per heavy atom. The Hall–Kier alpha value is -0.640. The third-order valence-electron chi connectivity index (χ3n) is 2.41. The van der Waals surface area contributed by atoms with Gasteiger partial charge in [-0.3, -0.25) is 4.79 Å². The van der Waals surface area contributed by atoms with Crippen molar-refractivity contribution in [2.24, 2.45) is 0 Å². The third-order valence-corrected chi connectivity index (χ3v) is 4.15. The first-order chi connectivity index (χ1) is 8.16. The summed E-state index contributed by atoms with van der Waals surface area (Å²) in [5.41, 5.74) is 0.603. The second-order valence-corrected chi connectivity index (χ2v) is 5.98. The van der Waals surface area contributed by atoms with Crippen molar-refractivity contribution in [2.45, 2.75) is 12.8 Å². The summed E-state index contributed by atoms with van der Waals surface area (Å²) < 4.78 is 0.886. The van der Waals surface area contributed by atoms with Crippen LogP contribution >= 0.6 is 38.9 Å². The maximum absolute atomic E-state index is 12.0. The van der Waals surface area contributed by atoms with Crippen LogP contribution in [0.25, 0.3) is 0 Å². The Labute approximate surface area is 118 Å². The van der Waals surface area contributed by atoms with Crippen LogP contribution in [0.2, 0.25) is 5.02 Å². The second kappa shape index (κ2) is 5.80. The lowest BCUT2D eigenvalue weighted by Gasteiger charge is -2.03. The molecule has 88 valence electrons. The Balaban J connectivity index is 2.04. The first kappa shape index (κ1) is 12.8. The van der Waals surface area contributed by atoms with Gasteiger partial charge >= 0.3 is 0 Å². The van der Waals surface area contributed by atoms with E-state index < -0.39 is 0 Å². The van der Waals surface area contributed by atoms with Crippen LogP contribution in [0.1, 0.15) is 21.7 Å². The van der Waals surface area contributed by atoms with Gasteiger partial charge in [-0.05, 0) is 36.1 Å². The highest BCUT2D eigenvalue weighted by molar-refractivity contribution is 9.10. The molecule has 0 aliphatic heterocycles. The van der Waals surface area contributed by atoms with E-state index in [0.717, 1.165) is 10.9 Å². The highest BCUT2D eigenvalue weighted by Crippen LogP contribution is 2.23. The molecule has 1 heterocycles. The van der Waals surface area contributed by atoms with Gasteiger partial charge in [0.15, 0.2) is 5.78 Å². The molecule has 0 saturated heterocycles. The Bertz CT molecular complexity index is 522. The molecule has 4 heteroatoms. The smallest absolute Gasteiger partial charge is 0.164 e. The molecule has 0 atom stereocenters. The van der Waals surface area contributed by atoms with Crippen molar-refractivity contribution in [3.8, 4) is 0 Å². The molecule has 0 fully saturated rings. The first-order valence-electron chi connectivity index (χ1n) is 5.17. The van der Waals surface area contributed by atoms with Crippen LogP contribution in [0.15, 0.2) is 40.2 Å². The molecule has 0 N–H and O–H groups in total. The number of carbonyl (C=O) groups is 1. The summed E-state index contributed by atoms with van der Waals surface area (Å²) in [6.07, 6.45) is 1.28. The van der Waals surface area contributed by atoms with Gasteiger partial charge in [-0.1, -0.05) is 33.6 Å². The van der Waals surface area contributed by atoms with E-state index in [1.54, 1.807) is 23.5 Å². The van der Waals surface area contributed by atoms with Crippen molar-refractivity contribution in [1.29, 1.82) is 0 Å². The SMILES string of the molecule is O=C(CCc1cccs1)c1ccc(Br)cc1Cl. The summed E-state index contributed by atoms with van der Waals surface area (Å²) in [5.74, 6) is 0.0934. The number of thiophene rings is 1. The number of ketones is 1. The molecule has 0 amide bonds.